The number of aliphatic carboxylic acids is 1. The van der Waals surface area contributed by atoms with Gasteiger partial charge in [-0.15, -0.1) is 0 Å². The molecule has 1 N–H and O–H groups in total. The Morgan fingerprint density at radius 2 is 1.71 bits per heavy atom. The molecule has 2 aromatic carbocycles. The molecule has 0 spiro atoms. The number of sulfone groups is 1. The third-order valence-electron chi connectivity index (χ3n) is 4.28. The molecule has 1 unspecified atom stereocenters. The first-order chi connectivity index (χ1) is 14.6. The van der Waals surface area contributed by atoms with Gasteiger partial charge in [-0.05, 0) is 60.2 Å². The molecule has 0 saturated heterocycles. The van der Waals surface area contributed by atoms with Gasteiger partial charge < -0.3 is 5.11 Å². The summed E-state index contributed by atoms with van der Waals surface area (Å²) in [6.07, 6.45) is 3.03. The van der Waals surface area contributed by atoms with E-state index in [0.29, 0.717) is 0 Å². The van der Waals surface area contributed by atoms with Gasteiger partial charge in [0.25, 0.3) is 0 Å². The van der Waals surface area contributed by atoms with Crippen LogP contribution in [0.5, 0.6) is 0 Å². The fraction of sp³-hybridized carbons (Fsp3) is 0.0476. The molecule has 1 aromatic heterocycles. The van der Waals surface area contributed by atoms with Crippen LogP contribution in [-0.2, 0) is 14.6 Å². The van der Waals surface area contributed by atoms with Gasteiger partial charge in [-0.1, -0.05) is 23.2 Å². The Morgan fingerprint density at radius 1 is 1.03 bits per heavy atom. The number of aromatic nitrogens is 1. The molecule has 3 rings (SSSR count). The van der Waals surface area contributed by atoms with Crippen LogP contribution in [0.15, 0.2) is 65.7 Å². The molecule has 10 heteroatoms. The van der Waals surface area contributed by atoms with E-state index in [0.717, 1.165) is 36.5 Å². The summed E-state index contributed by atoms with van der Waals surface area (Å²) < 4.78 is 55.7. The topological polar surface area (TPSA) is 84.3 Å². The molecule has 1 heterocycles. The zero-order chi connectivity index (χ0) is 22.8. The molecular formula is C21H13Cl2F2NO4S. The van der Waals surface area contributed by atoms with E-state index in [1.807, 2.05) is 0 Å². The van der Waals surface area contributed by atoms with Crippen molar-refractivity contribution >= 4 is 45.1 Å². The molecule has 1 atom stereocenters. The van der Waals surface area contributed by atoms with Gasteiger partial charge in [-0.3, -0.25) is 4.98 Å². The second-order valence-corrected chi connectivity index (χ2v) is 9.22. The minimum Gasteiger partial charge on any atom is -0.478 e. The van der Waals surface area contributed by atoms with Gasteiger partial charge >= 0.3 is 5.97 Å². The fourth-order valence-electron chi connectivity index (χ4n) is 2.90. The van der Waals surface area contributed by atoms with Crippen LogP contribution in [0.1, 0.15) is 22.1 Å². The number of carboxylic acids is 1. The maximum atomic E-state index is 14.7. The zero-order valence-corrected chi connectivity index (χ0v) is 17.8. The summed E-state index contributed by atoms with van der Waals surface area (Å²) >= 11 is 12.0. The number of halogens is 4. The van der Waals surface area contributed by atoms with Gasteiger partial charge in [0.15, 0.2) is 9.84 Å². The Labute approximate surface area is 186 Å². The van der Waals surface area contributed by atoms with E-state index in [2.05, 4.69) is 4.98 Å². The number of hydrogen-bond acceptors (Lipinski definition) is 4. The molecule has 0 aliphatic heterocycles. The Morgan fingerprint density at radius 3 is 2.35 bits per heavy atom. The molecule has 0 radical (unpaired) electrons. The van der Waals surface area contributed by atoms with Crippen molar-refractivity contribution in [3.8, 4) is 0 Å². The summed E-state index contributed by atoms with van der Waals surface area (Å²) in [6.45, 7) is 0. The van der Waals surface area contributed by atoms with Crippen LogP contribution in [0.2, 0.25) is 10.0 Å². The minimum atomic E-state index is -4.35. The predicted octanol–water partition coefficient (Wildman–Crippen LogP) is 5.33. The summed E-state index contributed by atoms with van der Waals surface area (Å²) in [5, 5.41) is 7.24. The number of pyridine rings is 1. The van der Waals surface area contributed by atoms with Gasteiger partial charge in [0.1, 0.15) is 16.9 Å². The quantitative estimate of drug-likeness (QED) is 0.479. The van der Waals surface area contributed by atoms with Crippen LogP contribution < -0.4 is 0 Å². The minimum absolute atomic E-state index is 0.0647. The predicted molar refractivity (Wildman–Crippen MR) is 113 cm³/mol. The molecular weight excluding hydrogens is 471 g/mol. The van der Waals surface area contributed by atoms with Crippen molar-refractivity contribution in [3.63, 3.8) is 0 Å². The maximum Gasteiger partial charge on any atom is 0.328 e. The number of hydrogen-bond donors (Lipinski definition) is 1. The van der Waals surface area contributed by atoms with Gasteiger partial charge in [0, 0.05) is 22.9 Å². The average molecular weight is 484 g/mol. The lowest BCUT2D eigenvalue weighted by atomic mass is 10.0. The monoisotopic (exact) mass is 483 g/mol. The Kier molecular flexibility index (Phi) is 6.74. The smallest absolute Gasteiger partial charge is 0.328 e. The van der Waals surface area contributed by atoms with Gasteiger partial charge in [0.05, 0.1) is 15.6 Å². The Balaban J connectivity index is 2.30. The second kappa shape index (κ2) is 9.13. The normalized spacial score (nSPS) is 12.8. The molecule has 0 bridgehead atoms. The number of rotatable bonds is 6. The number of carboxylic acid groups (broad SMARTS) is 1. The molecule has 0 fully saturated rings. The molecule has 0 aliphatic carbocycles. The first-order valence-electron chi connectivity index (χ1n) is 8.60. The first kappa shape index (κ1) is 22.9. The standard InChI is InChI=1S/C21H13Cl2F2NO4S/c22-12-1-5-15(6-2-12)31(29,30)21(17-9-13(24)3-7-19(17)25)16-10-14(4-8-20(27)28)26-11-18(16)23/h1-11,21H,(H,27,28)/b8-4+. The van der Waals surface area contributed by atoms with Crippen LogP contribution in [0.3, 0.4) is 0 Å². The van der Waals surface area contributed by atoms with Crippen LogP contribution in [-0.4, -0.2) is 24.5 Å². The highest BCUT2D eigenvalue weighted by Gasteiger charge is 2.35. The number of benzene rings is 2. The lowest BCUT2D eigenvalue weighted by molar-refractivity contribution is -0.131. The Bertz CT molecular complexity index is 1280. The second-order valence-electron chi connectivity index (χ2n) is 6.35. The van der Waals surface area contributed by atoms with Gasteiger partial charge in [-0.25, -0.2) is 22.0 Å². The van der Waals surface area contributed by atoms with E-state index in [1.165, 1.54) is 30.3 Å². The van der Waals surface area contributed by atoms with Crippen LogP contribution >= 0.6 is 23.2 Å². The van der Waals surface area contributed by atoms with Gasteiger partial charge in [0.2, 0.25) is 0 Å². The highest BCUT2D eigenvalue weighted by molar-refractivity contribution is 7.92. The number of carbonyl (C=O) groups is 1. The van der Waals surface area contributed by atoms with E-state index in [-0.39, 0.29) is 26.2 Å². The van der Waals surface area contributed by atoms with Crippen molar-refractivity contribution in [2.24, 2.45) is 0 Å². The molecule has 31 heavy (non-hydrogen) atoms. The average Bonchev–Trinajstić information content (AvgIpc) is 2.71. The lowest BCUT2D eigenvalue weighted by Gasteiger charge is -2.21. The van der Waals surface area contributed by atoms with Crippen LogP contribution in [0.25, 0.3) is 6.08 Å². The SMILES string of the molecule is O=C(O)/C=C/c1cc(C(c2cc(F)ccc2F)S(=O)(=O)c2ccc(Cl)cc2)c(Cl)cn1. The first-order valence-corrected chi connectivity index (χ1v) is 10.9. The Hall–Kier alpha value is -2.81. The highest BCUT2D eigenvalue weighted by Crippen LogP contribution is 2.40. The molecule has 0 amide bonds. The third-order valence-corrected chi connectivity index (χ3v) is 6.90. The lowest BCUT2D eigenvalue weighted by Crippen LogP contribution is -2.18. The van der Waals surface area contributed by atoms with Crippen molar-refractivity contribution in [1.29, 1.82) is 0 Å². The summed E-state index contributed by atoms with van der Waals surface area (Å²) in [4.78, 5) is 14.5. The van der Waals surface area contributed by atoms with Crippen molar-refractivity contribution in [1.82, 2.24) is 4.98 Å². The van der Waals surface area contributed by atoms with Crippen LogP contribution in [0.4, 0.5) is 8.78 Å². The zero-order valence-electron chi connectivity index (χ0n) is 15.5. The fourth-order valence-corrected chi connectivity index (χ4v) is 5.13. The summed E-state index contributed by atoms with van der Waals surface area (Å²) in [5.41, 5.74) is -0.493. The van der Waals surface area contributed by atoms with Crippen molar-refractivity contribution in [3.05, 3.63) is 99.3 Å². The molecule has 0 aliphatic rings. The number of nitrogens with zero attached hydrogens (tertiary/aromatic N) is 1. The van der Waals surface area contributed by atoms with Gasteiger partial charge in [-0.2, -0.15) is 0 Å². The summed E-state index contributed by atoms with van der Waals surface area (Å²) in [5.74, 6) is -3.05. The third kappa shape index (κ3) is 5.10. The van der Waals surface area contributed by atoms with E-state index < -0.39 is 38.3 Å². The van der Waals surface area contributed by atoms with E-state index in [4.69, 9.17) is 28.3 Å². The van der Waals surface area contributed by atoms with Crippen LogP contribution in [0, 0.1) is 11.6 Å². The van der Waals surface area contributed by atoms with E-state index in [9.17, 15) is 22.0 Å². The van der Waals surface area contributed by atoms with Crippen molar-refractivity contribution in [2.45, 2.75) is 10.1 Å². The van der Waals surface area contributed by atoms with Crippen molar-refractivity contribution < 1.29 is 27.1 Å². The summed E-state index contributed by atoms with van der Waals surface area (Å²) in [6, 6.07) is 8.84. The van der Waals surface area contributed by atoms with Crippen molar-refractivity contribution in [2.75, 3.05) is 0 Å². The maximum absolute atomic E-state index is 14.7. The summed E-state index contributed by atoms with van der Waals surface area (Å²) in [7, 11) is -4.35. The van der Waals surface area contributed by atoms with E-state index in [1.54, 1.807) is 0 Å². The molecule has 3 aromatic rings. The van der Waals surface area contributed by atoms with E-state index >= 15 is 0 Å². The molecule has 5 nitrogen and oxygen atoms in total. The molecule has 0 saturated carbocycles. The molecule has 160 valence electrons. The largest absolute Gasteiger partial charge is 0.478 e. The highest BCUT2D eigenvalue weighted by atomic mass is 35.5.